The second kappa shape index (κ2) is 16.4. The number of halogens is 7. The Bertz CT molecular complexity index is 2560. The van der Waals surface area contributed by atoms with Gasteiger partial charge in [-0.25, -0.2) is 26.3 Å². The summed E-state index contributed by atoms with van der Waals surface area (Å²) in [6.45, 7) is 9.82. The number of ether oxygens (including phenoxy) is 4. The third kappa shape index (κ3) is 6.33. The van der Waals surface area contributed by atoms with Gasteiger partial charge in [-0.05, 0) is 137 Å². The van der Waals surface area contributed by atoms with Gasteiger partial charge in [-0.15, -0.1) is 0 Å². The smallest absolute Gasteiger partial charge is 0.226 e. The van der Waals surface area contributed by atoms with E-state index < -0.39 is 151 Å². The van der Waals surface area contributed by atoms with Gasteiger partial charge in [-0.3, -0.25) is 19.2 Å². The van der Waals surface area contributed by atoms with Crippen LogP contribution in [0.5, 0.6) is 0 Å². The highest BCUT2D eigenvalue weighted by atomic mass is 35.5. The first-order valence-electron chi connectivity index (χ1n) is 23.5. The van der Waals surface area contributed by atoms with Crippen molar-refractivity contribution in [1.29, 1.82) is 0 Å². The minimum atomic E-state index is -2.31. The summed E-state index contributed by atoms with van der Waals surface area (Å²) in [6.07, 6.45) is -2.24. The minimum Gasteiger partial charge on any atom is -0.444 e. The molecule has 2 N–H and O–H groups in total. The highest BCUT2D eigenvalue weighted by Crippen LogP contribution is 2.75. The number of furan rings is 1. The molecule has 10 aliphatic rings. The highest BCUT2D eigenvalue weighted by molar-refractivity contribution is 8.14. The predicted octanol–water partition coefficient (Wildman–Crippen LogP) is 9.19. The first-order chi connectivity index (χ1) is 32.7. The molecule has 0 aromatic carbocycles. The van der Waals surface area contributed by atoms with Crippen LogP contribution in [0, 0.1) is 45.3 Å². The maximum Gasteiger partial charge on any atom is 0.226 e. The topological polar surface area (TPSA) is 159 Å². The van der Waals surface area contributed by atoms with Crippen molar-refractivity contribution in [2.45, 2.75) is 151 Å². The lowest BCUT2D eigenvalue weighted by atomic mass is 9.44. The van der Waals surface area contributed by atoms with Crippen LogP contribution in [0.2, 0.25) is 5.22 Å². The molecular formula is C50H55ClF6O11S2. The molecule has 382 valence electrons. The number of rotatable bonds is 5. The number of aliphatic hydroxyl groups excluding tert-OH is 2. The standard InChI is InChI=1S/C26H26ClF3O6S.C24H29F3O5S/c1-23-6-5-12(31)7-15(23)16(29)8-14-13-9-19-26(22(33)37-11-28,24(13,2)10-18(32)25(14,23)30)36-21(35-19)17-3-4-20(27)34-17;1-20(2)31-18-9-13-14-8-16(26)15-7-12(28)5-6-21(15,3)23(14,27)17(29)10-22(13,4)24(18,32-20)19(30)33-11-25/h3-7,13-14,16,18-19,21,32H,8-11H2,1-2H3;5-7,13-14,16-18,29H,8-11H2,1-4H3/t13-,14-,16-,18-,19+,21?,23-,24-,25-,26-;13-,14-,16-,17-,18+,21-,22-,23-,24-/m00/s1. The van der Waals surface area contributed by atoms with Gasteiger partial charge in [-0.2, -0.15) is 0 Å². The molecule has 2 aliphatic heterocycles. The number of carbonyl (C=O) groups is 4. The average molecular weight is 1050 g/mol. The third-order valence-electron chi connectivity index (χ3n) is 18.8. The van der Waals surface area contributed by atoms with E-state index >= 15 is 17.6 Å². The second-order valence-electron chi connectivity index (χ2n) is 22.1. The molecule has 3 heterocycles. The van der Waals surface area contributed by atoms with Gasteiger partial charge in [0.15, 0.2) is 50.9 Å². The fourth-order valence-corrected chi connectivity index (χ4v) is 17.4. The maximum atomic E-state index is 17.4. The molecule has 0 spiro atoms. The zero-order valence-electron chi connectivity index (χ0n) is 39.2. The number of hydrogen-bond acceptors (Lipinski definition) is 13. The molecule has 0 bridgehead atoms. The lowest BCUT2D eigenvalue weighted by Gasteiger charge is -2.63. The Balaban J connectivity index is 0.000000163. The summed E-state index contributed by atoms with van der Waals surface area (Å²) >= 11 is 6.81. The molecule has 2 saturated heterocycles. The molecule has 8 aliphatic carbocycles. The number of fused-ring (bicyclic) bond motifs is 14. The Labute approximate surface area is 413 Å². The Kier molecular flexibility index (Phi) is 11.9. The van der Waals surface area contributed by atoms with Gasteiger partial charge in [0.05, 0.1) is 24.4 Å². The summed E-state index contributed by atoms with van der Waals surface area (Å²) in [7, 11) is 0. The van der Waals surface area contributed by atoms with E-state index in [1.807, 2.05) is 0 Å². The van der Waals surface area contributed by atoms with Crippen LogP contribution in [0.4, 0.5) is 26.3 Å². The highest BCUT2D eigenvalue weighted by Gasteiger charge is 2.82. The number of aliphatic hydroxyl groups is 2. The number of hydrogen-bond donors (Lipinski definition) is 2. The van der Waals surface area contributed by atoms with E-state index in [1.54, 1.807) is 27.7 Å². The zero-order chi connectivity index (χ0) is 50.7. The van der Waals surface area contributed by atoms with Crippen LogP contribution < -0.4 is 0 Å². The normalized spacial score (nSPS) is 50.0. The molecule has 1 unspecified atom stereocenters. The first kappa shape index (κ1) is 50.8. The SMILES string of the molecule is CC1(C)O[C@@H]2C[C@H]3[C@@H]4C[C@H](F)C5=CC(=O)C=C[C@]5(C)[C@@]4(F)[C@@H](O)C[C@]3(C)[C@]2(C(=O)SCF)O1.C[C@]12C=CC(=O)C=C1[C@@H](F)C[C@H]1[C@@H]3C[C@H]4OC(c5ccc(Cl)o5)O[C@@]4(C(=O)SCF)[C@@]3(C)C[C@H](O)[C@@]12F. The summed E-state index contributed by atoms with van der Waals surface area (Å²) in [5.41, 5.74) is -13.2. The number of thioether (sulfide) groups is 2. The fourth-order valence-electron chi connectivity index (χ4n) is 15.8. The molecule has 11 nitrogen and oxygen atoms in total. The Morgan fingerprint density at radius 1 is 0.700 bits per heavy atom. The van der Waals surface area contributed by atoms with E-state index in [-0.39, 0.29) is 60.7 Å². The van der Waals surface area contributed by atoms with Crippen LogP contribution in [-0.4, -0.2) is 109 Å². The molecule has 70 heavy (non-hydrogen) atoms. The van der Waals surface area contributed by atoms with E-state index in [9.17, 15) is 38.2 Å². The molecule has 6 saturated carbocycles. The summed E-state index contributed by atoms with van der Waals surface area (Å²) < 4.78 is 123. The van der Waals surface area contributed by atoms with Gasteiger partial charge in [0, 0.05) is 33.5 Å². The van der Waals surface area contributed by atoms with Gasteiger partial charge >= 0.3 is 0 Å². The molecule has 1 aromatic heterocycles. The lowest BCUT2D eigenvalue weighted by Crippen LogP contribution is -2.70. The van der Waals surface area contributed by atoms with Crippen molar-refractivity contribution in [2.24, 2.45) is 45.3 Å². The molecule has 0 amide bonds. The fraction of sp³-hybridized carbons (Fsp3) is 0.680. The summed E-state index contributed by atoms with van der Waals surface area (Å²) in [5.74, 6) is -4.92. The van der Waals surface area contributed by atoms with E-state index in [4.69, 9.17) is 35.0 Å². The van der Waals surface area contributed by atoms with E-state index in [0.717, 1.165) is 12.2 Å². The summed E-state index contributed by atoms with van der Waals surface area (Å²) in [5, 5.41) is 21.8. The molecule has 8 fully saturated rings. The Morgan fingerprint density at radius 2 is 1.17 bits per heavy atom. The lowest BCUT2D eigenvalue weighted by molar-refractivity contribution is -0.246. The van der Waals surface area contributed by atoms with Crippen molar-refractivity contribution in [3.05, 3.63) is 70.7 Å². The van der Waals surface area contributed by atoms with E-state index in [2.05, 4.69) is 0 Å². The first-order valence-corrected chi connectivity index (χ1v) is 25.9. The van der Waals surface area contributed by atoms with Gasteiger partial charge in [0.25, 0.3) is 0 Å². The monoisotopic (exact) mass is 1040 g/mol. The molecule has 11 rings (SSSR count). The van der Waals surface area contributed by atoms with Gasteiger partial charge in [0.2, 0.25) is 16.5 Å². The van der Waals surface area contributed by atoms with Crippen LogP contribution >= 0.6 is 35.1 Å². The molecular weight excluding hydrogens is 990 g/mol. The van der Waals surface area contributed by atoms with Crippen molar-refractivity contribution in [2.75, 3.05) is 12.0 Å². The number of alkyl halides is 6. The van der Waals surface area contributed by atoms with Crippen molar-refractivity contribution in [3.63, 3.8) is 0 Å². The molecule has 0 radical (unpaired) electrons. The van der Waals surface area contributed by atoms with Crippen LogP contribution in [-0.2, 0) is 38.1 Å². The Hall–Kier alpha value is -2.75. The molecule has 1 aromatic rings. The minimum absolute atomic E-state index is 0.0145. The van der Waals surface area contributed by atoms with Crippen molar-refractivity contribution < 1.29 is 79.1 Å². The quantitative estimate of drug-likeness (QED) is 0.269. The molecule has 20 heteroatoms. The largest absolute Gasteiger partial charge is 0.444 e. The second-order valence-corrected chi connectivity index (χ2v) is 24.2. The molecule has 19 atom stereocenters. The van der Waals surface area contributed by atoms with Gasteiger partial charge < -0.3 is 33.6 Å². The van der Waals surface area contributed by atoms with Crippen molar-refractivity contribution in [1.82, 2.24) is 0 Å². The number of ketones is 2. The van der Waals surface area contributed by atoms with Gasteiger partial charge in [-0.1, -0.05) is 49.5 Å². The average Bonchev–Trinajstić information content (AvgIpc) is 4.07. The third-order valence-corrected chi connectivity index (χ3v) is 20.3. The van der Waals surface area contributed by atoms with Crippen LogP contribution in [0.25, 0.3) is 0 Å². The Morgan fingerprint density at radius 3 is 1.64 bits per heavy atom. The van der Waals surface area contributed by atoms with Crippen LogP contribution in [0.1, 0.15) is 92.1 Å². The van der Waals surface area contributed by atoms with Crippen LogP contribution in [0.15, 0.2) is 64.2 Å². The zero-order valence-corrected chi connectivity index (χ0v) is 41.5. The number of carbonyl (C=O) groups excluding carboxylic acids is 4. The van der Waals surface area contributed by atoms with Gasteiger partial charge in [0.1, 0.15) is 24.4 Å². The predicted molar refractivity (Wildman–Crippen MR) is 243 cm³/mol. The van der Waals surface area contributed by atoms with E-state index in [0.29, 0.717) is 23.5 Å². The van der Waals surface area contributed by atoms with Crippen molar-refractivity contribution >= 4 is 56.9 Å². The van der Waals surface area contributed by atoms with Crippen LogP contribution in [0.3, 0.4) is 0 Å². The van der Waals surface area contributed by atoms with E-state index in [1.165, 1.54) is 50.3 Å². The summed E-state index contributed by atoms with van der Waals surface area (Å²) in [6, 6.07) is 1.07. The van der Waals surface area contributed by atoms with Crippen molar-refractivity contribution in [3.8, 4) is 0 Å². The maximum absolute atomic E-state index is 17.4. The summed E-state index contributed by atoms with van der Waals surface area (Å²) in [4.78, 5) is 50.9. The number of allylic oxidation sites excluding steroid dienone is 8.